The van der Waals surface area contributed by atoms with Crippen molar-refractivity contribution in [3.05, 3.63) is 34.4 Å². The number of benzene rings is 1. The lowest BCUT2D eigenvalue weighted by atomic mass is 9.98. The van der Waals surface area contributed by atoms with Crippen molar-refractivity contribution in [2.45, 2.75) is 39.7 Å². The van der Waals surface area contributed by atoms with Crippen LogP contribution < -0.4 is 11.1 Å². The Kier molecular flexibility index (Phi) is 3.71. The number of nitrogens with one attached hydrogen (secondary N) is 1. The van der Waals surface area contributed by atoms with Gasteiger partial charge in [0.15, 0.2) is 0 Å². The molecule has 1 aromatic rings. The van der Waals surface area contributed by atoms with E-state index in [4.69, 9.17) is 5.73 Å². The molecule has 1 aliphatic rings. The highest BCUT2D eigenvalue weighted by Crippen LogP contribution is 2.32. The van der Waals surface area contributed by atoms with Crippen LogP contribution in [0.25, 0.3) is 0 Å². The van der Waals surface area contributed by atoms with E-state index in [9.17, 15) is 4.79 Å². The second-order valence-electron chi connectivity index (χ2n) is 5.43. The van der Waals surface area contributed by atoms with E-state index in [0.29, 0.717) is 12.5 Å². The van der Waals surface area contributed by atoms with Gasteiger partial charge in [0.2, 0.25) is 0 Å². The van der Waals surface area contributed by atoms with E-state index in [1.807, 2.05) is 13.8 Å². The van der Waals surface area contributed by atoms with Gasteiger partial charge in [-0.15, -0.1) is 0 Å². The normalized spacial score (nSPS) is 16.4. The number of amides is 1. The number of nitrogens with two attached hydrogens (primary N) is 1. The van der Waals surface area contributed by atoms with E-state index in [1.165, 1.54) is 18.4 Å². The topological polar surface area (TPSA) is 55.1 Å². The van der Waals surface area contributed by atoms with E-state index in [-0.39, 0.29) is 11.9 Å². The Morgan fingerprint density at radius 3 is 2.33 bits per heavy atom. The molecular weight excluding hydrogens is 224 g/mol. The van der Waals surface area contributed by atoms with E-state index in [0.717, 1.165) is 16.7 Å². The van der Waals surface area contributed by atoms with E-state index < -0.39 is 0 Å². The Hall–Kier alpha value is -1.35. The molecule has 98 valence electrons. The minimum atomic E-state index is 0.0207. The molecule has 0 heterocycles. The second kappa shape index (κ2) is 5.11. The van der Waals surface area contributed by atoms with Crippen molar-refractivity contribution >= 4 is 5.91 Å². The van der Waals surface area contributed by atoms with Gasteiger partial charge < -0.3 is 11.1 Å². The molecule has 1 atom stereocenters. The Balaban J connectivity index is 2.17. The maximum absolute atomic E-state index is 12.3. The Bertz CT molecular complexity index is 441. The Morgan fingerprint density at radius 2 is 1.89 bits per heavy atom. The highest BCUT2D eigenvalue weighted by Gasteiger charge is 2.31. The summed E-state index contributed by atoms with van der Waals surface area (Å²) in [5.74, 6) is 0.609. The molecule has 0 bridgehead atoms. The van der Waals surface area contributed by atoms with E-state index in [2.05, 4.69) is 24.4 Å². The van der Waals surface area contributed by atoms with Crippen LogP contribution in [0.3, 0.4) is 0 Å². The maximum atomic E-state index is 12.3. The lowest BCUT2D eigenvalue weighted by Crippen LogP contribution is -2.42. The van der Waals surface area contributed by atoms with Crippen LogP contribution >= 0.6 is 0 Å². The molecule has 1 unspecified atom stereocenters. The third-order valence-electron chi connectivity index (χ3n) is 3.67. The highest BCUT2D eigenvalue weighted by molar-refractivity contribution is 5.97. The summed E-state index contributed by atoms with van der Waals surface area (Å²) >= 11 is 0. The summed E-state index contributed by atoms with van der Waals surface area (Å²) in [7, 11) is 0. The van der Waals surface area contributed by atoms with E-state index >= 15 is 0 Å². The monoisotopic (exact) mass is 246 g/mol. The lowest BCUT2D eigenvalue weighted by molar-refractivity contribution is 0.0932. The maximum Gasteiger partial charge on any atom is 0.252 e. The third kappa shape index (κ3) is 2.72. The zero-order valence-electron chi connectivity index (χ0n) is 11.4. The predicted molar refractivity (Wildman–Crippen MR) is 73.7 cm³/mol. The second-order valence-corrected chi connectivity index (χ2v) is 5.43. The molecule has 0 aliphatic heterocycles. The number of carbonyl (C=O) groups excluding carboxylic acids is 1. The molecule has 0 radical (unpaired) electrons. The minimum Gasteiger partial charge on any atom is -0.348 e. The molecule has 18 heavy (non-hydrogen) atoms. The van der Waals surface area contributed by atoms with Crippen molar-refractivity contribution in [2.75, 3.05) is 6.54 Å². The van der Waals surface area contributed by atoms with Gasteiger partial charge in [-0.3, -0.25) is 4.79 Å². The quantitative estimate of drug-likeness (QED) is 0.854. The standard InChI is InChI=1S/C15H22N2O/c1-9-6-10(2)14(11(3)7-9)15(18)17-13(8-16)12-4-5-12/h6-7,12-13H,4-5,8,16H2,1-3H3,(H,17,18). The molecule has 0 spiro atoms. The Labute approximate surface area is 109 Å². The summed E-state index contributed by atoms with van der Waals surface area (Å²) in [6.45, 7) is 6.56. The van der Waals surface area contributed by atoms with Gasteiger partial charge in [-0.05, 0) is 50.7 Å². The molecule has 3 N–H and O–H groups in total. The van der Waals surface area contributed by atoms with Crippen molar-refractivity contribution < 1.29 is 4.79 Å². The molecule has 1 aromatic carbocycles. The van der Waals surface area contributed by atoms with Crippen LogP contribution in [-0.4, -0.2) is 18.5 Å². The summed E-state index contributed by atoms with van der Waals surface area (Å²) in [6, 6.07) is 4.24. The molecule has 1 amide bonds. The number of hydrogen-bond acceptors (Lipinski definition) is 2. The van der Waals surface area contributed by atoms with Crippen LogP contribution in [0.1, 0.15) is 39.9 Å². The van der Waals surface area contributed by atoms with E-state index in [1.54, 1.807) is 0 Å². The summed E-state index contributed by atoms with van der Waals surface area (Å²) in [5, 5.41) is 3.08. The van der Waals surface area contributed by atoms with Gasteiger partial charge in [0.05, 0.1) is 0 Å². The fourth-order valence-corrected chi connectivity index (χ4v) is 2.65. The smallest absolute Gasteiger partial charge is 0.252 e. The fraction of sp³-hybridized carbons (Fsp3) is 0.533. The van der Waals surface area contributed by atoms with Crippen LogP contribution in [0.4, 0.5) is 0 Å². The highest BCUT2D eigenvalue weighted by atomic mass is 16.1. The fourth-order valence-electron chi connectivity index (χ4n) is 2.65. The van der Waals surface area contributed by atoms with Crippen LogP contribution in [0.2, 0.25) is 0 Å². The number of rotatable bonds is 4. The summed E-state index contributed by atoms with van der Waals surface area (Å²) in [5.41, 5.74) is 9.80. The third-order valence-corrected chi connectivity index (χ3v) is 3.67. The lowest BCUT2D eigenvalue weighted by Gasteiger charge is -2.18. The summed E-state index contributed by atoms with van der Waals surface area (Å²) in [6.07, 6.45) is 2.38. The van der Waals surface area contributed by atoms with Gasteiger partial charge in [0, 0.05) is 18.2 Å². The van der Waals surface area contributed by atoms with Gasteiger partial charge in [0.1, 0.15) is 0 Å². The first kappa shape index (κ1) is 13.1. The minimum absolute atomic E-state index is 0.0207. The first-order valence-corrected chi connectivity index (χ1v) is 6.61. The van der Waals surface area contributed by atoms with Gasteiger partial charge in [-0.1, -0.05) is 17.7 Å². The summed E-state index contributed by atoms with van der Waals surface area (Å²) < 4.78 is 0. The molecule has 1 fully saturated rings. The van der Waals surface area contributed by atoms with Crippen molar-refractivity contribution in [3.8, 4) is 0 Å². The largest absolute Gasteiger partial charge is 0.348 e. The van der Waals surface area contributed by atoms with Crippen molar-refractivity contribution in [1.29, 1.82) is 0 Å². The molecule has 1 aliphatic carbocycles. The molecular formula is C15H22N2O. The van der Waals surface area contributed by atoms with Gasteiger partial charge >= 0.3 is 0 Å². The summed E-state index contributed by atoms with van der Waals surface area (Å²) in [4.78, 5) is 12.3. The van der Waals surface area contributed by atoms with Crippen LogP contribution in [0, 0.1) is 26.7 Å². The van der Waals surface area contributed by atoms with Gasteiger partial charge in [-0.25, -0.2) is 0 Å². The number of carbonyl (C=O) groups is 1. The molecule has 2 rings (SSSR count). The molecule has 0 saturated heterocycles. The van der Waals surface area contributed by atoms with Crippen LogP contribution in [-0.2, 0) is 0 Å². The average molecular weight is 246 g/mol. The Morgan fingerprint density at radius 1 is 1.33 bits per heavy atom. The van der Waals surface area contributed by atoms with Crippen LogP contribution in [0.5, 0.6) is 0 Å². The van der Waals surface area contributed by atoms with Gasteiger partial charge in [0.25, 0.3) is 5.91 Å². The van der Waals surface area contributed by atoms with Crippen molar-refractivity contribution in [1.82, 2.24) is 5.32 Å². The first-order valence-electron chi connectivity index (χ1n) is 6.61. The molecule has 3 heteroatoms. The molecule has 3 nitrogen and oxygen atoms in total. The number of hydrogen-bond donors (Lipinski definition) is 2. The zero-order valence-corrected chi connectivity index (χ0v) is 11.4. The molecule has 1 saturated carbocycles. The molecule has 0 aromatic heterocycles. The van der Waals surface area contributed by atoms with Crippen LogP contribution in [0.15, 0.2) is 12.1 Å². The zero-order chi connectivity index (χ0) is 13.3. The average Bonchev–Trinajstić information content (AvgIpc) is 3.08. The van der Waals surface area contributed by atoms with Crippen molar-refractivity contribution in [2.24, 2.45) is 11.7 Å². The number of aryl methyl sites for hydroxylation is 3. The van der Waals surface area contributed by atoms with Gasteiger partial charge in [-0.2, -0.15) is 0 Å². The predicted octanol–water partition coefficient (Wildman–Crippen LogP) is 2.08. The first-order chi connectivity index (χ1) is 8.52. The van der Waals surface area contributed by atoms with Crippen molar-refractivity contribution in [3.63, 3.8) is 0 Å². The SMILES string of the molecule is Cc1cc(C)c(C(=O)NC(CN)C2CC2)c(C)c1.